The molecule has 0 spiro atoms. The Balaban J connectivity index is 1.92. The van der Waals surface area contributed by atoms with Crippen LogP contribution >= 0.6 is 0 Å². The van der Waals surface area contributed by atoms with Gasteiger partial charge in [0.15, 0.2) is 0 Å². The summed E-state index contributed by atoms with van der Waals surface area (Å²) in [7, 11) is 1.63. The number of carboxylic acid groups (broad SMARTS) is 1. The van der Waals surface area contributed by atoms with Gasteiger partial charge in [-0.2, -0.15) is 0 Å². The van der Waals surface area contributed by atoms with Crippen LogP contribution in [0.15, 0.2) is 12.1 Å². The Labute approximate surface area is 119 Å². The van der Waals surface area contributed by atoms with Gasteiger partial charge < -0.3 is 9.84 Å². The van der Waals surface area contributed by atoms with Gasteiger partial charge in [-0.25, -0.2) is 0 Å². The predicted molar refractivity (Wildman–Crippen MR) is 74.7 cm³/mol. The highest BCUT2D eigenvalue weighted by Gasteiger charge is 2.55. The van der Waals surface area contributed by atoms with Crippen molar-refractivity contribution in [2.75, 3.05) is 7.11 Å². The number of methoxy groups -OCH3 is 1. The maximum Gasteiger partial charge on any atom is 0.310 e. The number of aromatic nitrogens is 1. The van der Waals surface area contributed by atoms with Gasteiger partial charge in [-0.1, -0.05) is 6.42 Å². The maximum atomic E-state index is 11.9. The molecule has 3 atom stereocenters. The molecule has 0 radical (unpaired) electrons. The third kappa shape index (κ3) is 2.07. The Hall–Kier alpha value is -1.58. The first kappa shape index (κ1) is 13.4. The van der Waals surface area contributed by atoms with Gasteiger partial charge in [0.2, 0.25) is 0 Å². The molecule has 4 heteroatoms. The van der Waals surface area contributed by atoms with E-state index in [1.807, 2.05) is 19.1 Å². The van der Waals surface area contributed by atoms with Gasteiger partial charge in [-0.3, -0.25) is 9.78 Å². The summed E-state index contributed by atoms with van der Waals surface area (Å²) < 4.78 is 5.27. The molecule has 0 aliphatic heterocycles. The maximum absolute atomic E-state index is 11.9. The fourth-order valence-corrected chi connectivity index (χ4v) is 4.23. The molecule has 108 valence electrons. The third-order valence-electron chi connectivity index (χ3n) is 5.11. The van der Waals surface area contributed by atoms with Gasteiger partial charge in [0.05, 0.1) is 12.5 Å². The molecule has 1 aromatic rings. The van der Waals surface area contributed by atoms with Crippen LogP contribution in [0.25, 0.3) is 0 Å². The van der Waals surface area contributed by atoms with E-state index in [1.54, 1.807) is 7.11 Å². The zero-order valence-electron chi connectivity index (χ0n) is 12.1. The number of ether oxygens (including phenoxy) is 1. The highest BCUT2D eigenvalue weighted by Crippen LogP contribution is 2.57. The van der Waals surface area contributed by atoms with Gasteiger partial charge >= 0.3 is 5.97 Å². The van der Waals surface area contributed by atoms with Gasteiger partial charge in [0, 0.05) is 29.9 Å². The summed E-state index contributed by atoms with van der Waals surface area (Å²) in [6, 6.07) is 3.75. The van der Waals surface area contributed by atoms with Crippen molar-refractivity contribution >= 4 is 5.97 Å². The van der Waals surface area contributed by atoms with E-state index in [-0.39, 0.29) is 0 Å². The first-order valence-electron chi connectivity index (χ1n) is 7.28. The number of aryl methyl sites for hydroxylation is 1. The SMILES string of the molecule is COc1cc(C)nc(CC2(C(=O)O)CC3CCC2C3)c1. The monoisotopic (exact) mass is 275 g/mol. The summed E-state index contributed by atoms with van der Waals surface area (Å²) >= 11 is 0. The van der Waals surface area contributed by atoms with Crippen molar-refractivity contribution < 1.29 is 14.6 Å². The van der Waals surface area contributed by atoms with E-state index in [4.69, 9.17) is 4.74 Å². The standard InChI is InChI=1S/C16H21NO3/c1-10-5-14(20-2)7-13(17-10)9-16(15(18)19)8-11-3-4-12(16)6-11/h5,7,11-12H,3-4,6,8-9H2,1-2H3,(H,18,19). The van der Waals surface area contributed by atoms with Crippen molar-refractivity contribution in [3.8, 4) is 5.75 Å². The van der Waals surface area contributed by atoms with Crippen LogP contribution in [0.2, 0.25) is 0 Å². The number of hydrogen-bond acceptors (Lipinski definition) is 3. The summed E-state index contributed by atoms with van der Waals surface area (Å²) in [6.45, 7) is 1.92. The Kier molecular flexibility index (Phi) is 3.19. The molecule has 0 saturated heterocycles. The van der Waals surface area contributed by atoms with Crippen LogP contribution in [0, 0.1) is 24.2 Å². The smallest absolute Gasteiger partial charge is 0.310 e. The minimum atomic E-state index is -0.646. The Morgan fingerprint density at radius 3 is 2.85 bits per heavy atom. The van der Waals surface area contributed by atoms with Gasteiger partial charge in [0.25, 0.3) is 0 Å². The Morgan fingerprint density at radius 2 is 2.30 bits per heavy atom. The van der Waals surface area contributed by atoms with Crippen molar-refractivity contribution in [3.63, 3.8) is 0 Å². The highest BCUT2D eigenvalue weighted by molar-refractivity contribution is 5.76. The van der Waals surface area contributed by atoms with Crippen LogP contribution in [0.4, 0.5) is 0 Å². The second kappa shape index (κ2) is 4.76. The quantitative estimate of drug-likeness (QED) is 0.918. The lowest BCUT2D eigenvalue weighted by atomic mass is 9.70. The number of hydrogen-bond donors (Lipinski definition) is 1. The molecule has 1 aromatic heterocycles. The molecular formula is C16H21NO3. The molecule has 20 heavy (non-hydrogen) atoms. The molecule has 0 aromatic carbocycles. The van der Waals surface area contributed by atoms with E-state index in [0.717, 1.165) is 36.4 Å². The number of pyridine rings is 1. The minimum absolute atomic E-state index is 0.318. The van der Waals surface area contributed by atoms with E-state index < -0.39 is 11.4 Å². The molecule has 4 nitrogen and oxygen atoms in total. The molecule has 3 unspecified atom stereocenters. The van der Waals surface area contributed by atoms with Crippen LogP contribution < -0.4 is 4.74 Å². The van der Waals surface area contributed by atoms with Crippen LogP contribution in [-0.4, -0.2) is 23.2 Å². The van der Waals surface area contributed by atoms with Crippen LogP contribution in [0.5, 0.6) is 5.75 Å². The summed E-state index contributed by atoms with van der Waals surface area (Å²) in [5.41, 5.74) is 1.12. The van der Waals surface area contributed by atoms with Crippen LogP contribution in [-0.2, 0) is 11.2 Å². The lowest BCUT2D eigenvalue weighted by Crippen LogP contribution is -2.38. The van der Waals surface area contributed by atoms with E-state index >= 15 is 0 Å². The minimum Gasteiger partial charge on any atom is -0.497 e. The van der Waals surface area contributed by atoms with Crippen LogP contribution in [0.1, 0.15) is 37.1 Å². The number of carboxylic acids is 1. The number of fused-ring (bicyclic) bond motifs is 2. The van der Waals surface area contributed by atoms with Crippen molar-refractivity contribution in [2.45, 2.75) is 39.0 Å². The van der Waals surface area contributed by atoms with E-state index in [2.05, 4.69) is 4.98 Å². The van der Waals surface area contributed by atoms with Gasteiger partial charge in [-0.15, -0.1) is 0 Å². The van der Waals surface area contributed by atoms with Crippen molar-refractivity contribution in [1.82, 2.24) is 4.98 Å². The van der Waals surface area contributed by atoms with Crippen molar-refractivity contribution in [2.24, 2.45) is 17.3 Å². The second-order valence-electron chi connectivity index (χ2n) is 6.36. The predicted octanol–water partition coefficient (Wildman–Crippen LogP) is 2.83. The highest BCUT2D eigenvalue weighted by atomic mass is 16.5. The average Bonchev–Trinajstić information content (AvgIpc) is 2.98. The first-order valence-corrected chi connectivity index (χ1v) is 7.28. The molecule has 2 aliphatic carbocycles. The molecule has 2 saturated carbocycles. The summed E-state index contributed by atoms with van der Waals surface area (Å²) in [4.78, 5) is 16.4. The second-order valence-corrected chi connectivity index (χ2v) is 6.36. The van der Waals surface area contributed by atoms with E-state index in [1.165, 1.54) is 6.42 Å². The Bertz CT molecular complexity index is 543. The number of rotatable bonds is 4. The van der Waals surface area contributed by atoms with Gasteiger partial charge in [-0.05, 0) is 38.0 Å². The summed E-state index contributed by atoms with van der Waals surface area (Å²) in [5.74, 6) is 1.03. The molecule has 1 heterocycles. The largest absolute Gasteiger partial charge is 0.497 e. The van der Waals surface area contributed by atoms with Crippen molar-refractivity contribution in [3.05, 3.63) is 23.5 Å². The topological polar surface area (TPSA) is 59.4 Å². The fourth-order valence-electron chi connectivity index (χ4n) is 4.23. The normalized spacial score (nSPS) is 31.5. The molecule has 1 N–H and O–H groups in total. The molecular weight excluding hydrogens is 254 g/mol. The Morgan fingerprint density at radius 1 is 1.50 bits per heavy atom. The molecule has 2 bridgehead atoms. The zero-order valence-corrected chi connectivity index (χ0v) is 12.1. The molecule has 2 aliphatic rings. The van der Waals surface area contributed by atoms with Gasteiger partial charge in [0.1, 0.15) is 5.75 Å². The molecule has 2 fully saturated rings. The molecule has 0 amide bonds. The summed E-state index contributed by atoms with van der Waals surface area (Å²) in [6.07, 6.45) is 4.67. The third-order valence-corrected chi connectivity index (χ3v) is 5.11. The zero-order chi connectivity index (χ0) is 14.3. The lowest BCUT2D eigenvalue weighted by Gasteiger charge is -2.33. The fraction of sp³-hybridized carbons (Fsp3) is 0.625. The number of aliphatic carboxylic acids is 1. The number of carbonyl (C=O) groups is 1. The average molecular weight is 275 g/mol. The first-order chi connectivity index (χ1) is 9.53. The lowest BCUT2D eigenvalue weighted by molar-refractivity contribution is -0.152. The summed E-state index contributed by atoms with van der Waals surface area (Å²) in [5, 5.41) is 9.78. The number of nitrogens with zero attached hydrogens (tertiary/aromatic N) is 1. The van der Waals surface area contributed by atoms with E-state index in [9.17, 15) is 9.90 Å². The molecule has 3 rings (SSSR count). The van der Waals surface area contributed by atoms with Crippen molar-refractivity contribution in [1.29, 1.82) is 0 Å². The van der Waals surface area contributed by atoms with Crippen LogP contribution in [0.3, 0.4) is 0 Å². The van der Waals surface area contributed by atoms with E-state index in [0.29, 0.717) is 18.3 Å².